The van der Waals surface area contributed by atoms with E-state index in [-0.39, 0.29) is 18.4 Å². The quantitative estimate of drug-likeness (QED) is 0.645. The molecule has 2 aromatic rings. The predicted octanol–water partition coefficient (Wildman–Crippen LogP) is 2.93. The zero-order valence-electron chi connectivity index (χ0n) is 19.2. The van der Waals surface area contributed by atoms with Crippen molar-refractivity contribution in [2.24, 2.45) is 0 Å². The molecule has 2 aliphatic heterocycles. The van der Waals surface area contributed by atoms with Crippen LogP contribution in [0.15, 0.2) is 54.6 Å². The number of ether oxygens (including phenoxy) is 1. The third-order valence-corrected chi connectivity index (χ3v) is 6.72. The summed E-state index contributed by atoms with van der Waals surface area (Å²) in [5.41, 5.74) is 0.376. The number of piperidine rings is 1. The van der Waals surface area contributed by atoms with Gasteiger partial charge < -0.3 is 20.1 Å². The summed E-state index contributed by atoms with van der Waals surface area (Å²) < 4.78 is 5.87. The fraction of sp³-hybridized carbons (Fsp3) is 0.462. The third kappa shape index (κ3) is 5.04. The lowest BCUT2D eigenvalue weighted by molar-refractivity contribution is -0.162. The molecule has 0 bridgehead atoms. The van der Waals surface area contributed by atoms with Crippen LogP contribution in [0.1, 0.15) is 38.2 Å². The minimum atomic E-state index is -0.824. The van der Waals surface area contributed by atoms with E-state index in [9.17, 15) is 14.7 Å². The summed E-state index contributed by atoms with van der Waals surface area (Å²) in [6, 6.07) is 17.0. The molecule has 7 nitrogen and oxygen atoms in total. The molecule has 2 aliphatic rings. The monoisotopic (exact) mass is 451 g/mol. The van der Waals surface area contributed by atoms with Crippen LogP contribution in [0.25, 0.3) is 0 Å². The number of unbranched alkanes of at least 4 members (excludes halogenated alkanes) is 1. The Bertz CT molecular complexity index is 940. The molecule has 2 aromatic carbocycles. The van der Waals surface area contributed by atoms with Crippen LogP contribution in [0.2, 0.25) is 0 Å². The maximum absolute atomic E-state index is 13.1. The Hall–Kier alpha value is -2.90. The number of benzene rings is 2. The van der Waals surface area contributed by atoms with Crippen molar-refractivity contribution in [3.8, 4) is 11.5 Å². The first kappa shape index (κ1) is 23.3. The SMILES string of the molecule is CCCCN1C(=O)[C@H](CO)NC(=O)C12CCN(Cc1ccc(Oc3ccccc3)cc1)CC2. The molecule has 0 unspecified atom stereocenters. The summed E-state index contributed by atoms with van der Waals surface area (Å²) >= 11 is 0. The number of nitrogens with zero attached hydrogens (tertiary/aromatic N) is 2. The molecular weight excluding hydrogens is 418 g/mol. The van der Waals surface area contributed by atoms with Gasteiger partial charge in [-0.05, 0) is 49.1 Å². The standard InChI is InChI=1S/C26H33N3O4/c1-2-3-15-29-24(31)23(19-30)27-25(32)26(29)13-16-28(17-14-26)18-20-9-11-22(12-10-20)33-21-7-5-4-6-8-21/h4-12,23,30H,2-3,13-19H2,1H3,(H,27,32)/t23-/m0/s1. The van der Waals surface area contributed by atoms with Gasteiger partial charge in [0, 0.05) is 26.2 Å². The van der Waals surface area contributed by atoms with Crippen molar-refractivity contribution in [3.63, 3.8) is 0 Å². The lowest BCUT2D eigenvalue weighted by Gasteiger charge is -2.51. The van der Waals surface area contributed by atoms with Crippen molar-refractivity contribution in [2.75, 3.05) is 26.2 Å². The number of amides is 2. The Kier molecular flexibility index (Phi) is 7.30. The summed E-state index contributed by atoms with van der Waals surface area (Å²) in [4.78, 5) is 30.1. The molecule has 2 heterocycles. The number of hydrogen-bond donors (Lipinski definition) is 2. The first-order valence-electron chi connectivity index (χ1n) is 11.8. The minimum Gasteiger partial charge on any atom is -0.457 e. The third-order valence-electron chi connectivity index (χ3n) is 6.72. The van der Waals surface area contributed by atoms with Crippen LogP contribution in [0.3, 0.4) is 0 Å². The maximum Gasteiger partial charge on any atom is 0.248 e. The Balaban J connectivity index is 1.38. The van der Waals surface area contributed by atoms with E-state index in [1.807, 2.05) is 42.5 Å². The van der Waals surface area contributed by atoms with Crippen molar-refractivity contribution in [3.05, 3.63) is 60.2 Å². The predicted molar refractivity (Wildman–Crippen MR) is 126 cm³/mol. The summed E-state index contributed by atoms with van der Waals surface area (Å²) in [5, 5.41) is 12.3. The highest BCUT2D eigenvalue weighted by Gasteiger charge is 2.53. The van der Waals surface area contributed by atoms with E-state index in [2.05, 4.69) is 29.3 Å². The normalized spacial score (nSPS) is 20.7. The van der Waals surface area contributed by atoms with Crippen LogP contribution in [0, 0.1) is 0 Å². The second-order valence-electron chi connectivity index (χ2n) is 8.92. The number of piperazine rings is 1. The molecule has 2 saturated heterocycles. The van der Waals surface area contributed by atoms with Gasteiger partial charge >= 0.3 is 0 Å². The molecule has 0 aliphatic carbocycles. The summed E-state index contributed by atoms with van der Waals surface area (Å²) in [6.07, 6.45) is 2.99. The molecule has 176 valence electrons. The van der Waals surface area contributed by atoms with Crippen LogP contribution in [0.4, 0.5) is 0 Å². The lowest BCUT2D eigenvalue weighted by Crippen LogP contribution is -2.73. The van der Waals surface area contributed by atoms with Gasteiger partial charge in [-0.15, -0.1) is 0 Å². The number of carbonyl (C=O) groups excluding carboxylic acids is 2. The summed E-state index contributed by atoms with van der Waals surface area (Å²) in [7, 11) is 0. The van der Waals surface area contributed by atoms with Gasteiger partial charge in [0.2, 0.25) is 11.8 Å². The van der Waals surface area contributed by atoms with Gasteiger partial charge in [-0.3, -0.25) is 14.5 Å². The number of para-hydroxylation sites is 1. The van der Waals surface area contributed by atoms with E-state index in [0.717, 1.165) is 44.0 Å². The average Bonchev–Trinajstić information content (AvgIpc) is 2.84. The largest absolute Gasteiger partial charge is 0.457 e. The van der Waals surface area contributed by atoms with Crippen LogP contribution < -0.4 is 10.1 Å². The average molecular weight is 452 g/mol. The van der Waals surface area contributed by atoms with Gasteiger partial charge in [0.1, 0.15) is 23.1 Å². The first-order valence-corrected chi connectivity index (χ1v) is 11.8. The van der Waals surface area contributed by atoms with E-state index >= 15 is 0 Å². The number of likely N-dealkylation sites (tertiary alicyclic amines) is 1. The summed E-state index contributed by atoms with van der Waals surface area (Å²) in [5.74, 6) is 1.32. The highest BCUT2D eigenvalue weighted by Crippen LogP contribution is 2.34. The number of hydrogen-bond acceptors (Lipinski definition) is 5. The van der Waals surface area contributed by atoms with Gasteiger partial charge in [-0.25, -0.2) is 0 Å². The number of nitrogens with one attached hydrogen (secondary N) is 1. The van der Waals surface area contributed by atoms with Crippen molar-refractivity contribution in [1.29, 1.82) is 0 Å². The highest BCUT2D eigenvalue weighted by atomic mass is 16.5. The molecular formula is C26H33N3O4. The van der Waals surface area contributed by atoms with E-state index < -0.39 is 11.6 Å². The van der Waals surface area contributed by atoms with Crippen LogP contribution in [-0.2, 0) is 16.1 Å². The molecule has 0 saturated carbocycles. The van der Waals surface area contributed by atoms with Gasteiger partial charge in [-0.1, -0.05) is 43.7 Å². The van der Waals surface area contributed by atoms with Crippen LogP contribution in [-0.4, -0.2) is 64.5 Å². The molecule has 7 heteroatoms. The lowest BCUT2D eigenvalue weighted by atomic mass is 9.81. The Labute approximate surface area is 195 Å². The first-order chi connectivity index (χ1) is 16.1. The molecule has 4 rings (SSSR count). The topological polar surface area (TPSA) is 82.1 Å². The number of carbonyl (C=O) groups is 2. The maximum atomic E-state index is 13.1. The van der Waals surface area contributed by atoms with Gasteiger partial charge in [0.05, 0.1) is 6.61 Å². The van der Waals surface area contributed by atoms with Crippen LogP contribution >= 0.6 is 0 Å². The van der Waals surface area contributed by atoms with Crippen molar-refractivity contribution >= 4 is 11.8 Å². The summed E-state index contributed by atoms with van der Waals surface area (Å²) in [6.45, 7) is 4.52. The minimum absolute atomic E-state index is 0.126. The Morgan fingerprint density at radius 3 is 2.33 bits per heavy atom. The van der Waals surface area contributed by atoms with Gasteiger partial charge in [-0.2, -0.15) is 0 Å². The zero-order chi connectivity index (χ0) is 23.3. The number of aliphatic hydroxyl groups is 1. The van der Waals surface area contributed by atoms with Gasteiger partial charge in [0.25, 0.3) is 0 Å². The van der Waals surface area contributed by atoms with Crippen LogP contribution in [0.5, 0.6) is 11.5 Å². The second kappa shape index (κ2) is 10.4. The number of rotatable bonds is 8. The van der Waals surface area contributed by atoms with Gasteiger partial charge in [0.15, 0.2) is 0 Å². The molecule has 0 radical (unpaired) electrons. The fourth-order valence-electron chi connectivity index (χ4n) is 4.76. The molecule has 0 aromatic heterocycles. The highest BCUT2D eigenvalue weighted by molar-refractivity contribution is 6.00. The molecule has 33 heavy (non-hydrogen) atoms. The molecule has 2 N–H and O–H groups in total. The molecule has 2 amide bonds. The zero-order valence-corrected chi connectivity index (χ0v) is 19.2. The van der Waals surface area contributed by atoms with Crippen molar-refractivity contribution in [2.45, 2.75) is 50.7 Å². The van der Waals surface area contributed by atoms with E-state index in [1.54, 1.807) is 4.90 Å². The van der Waals surface area contributed by atoms with E-state index in [0.29, 0.717) is 19.4 Å². The van der Waals surface area contributed by atoms with E-state index in [1.165, 1.54) is 5.56 Å². The Morgan fingerprint density at radius 2 is 1.70 bits per heavy atom. The Morgan fingerprint density at radius 1 is 1.03 bits per heavy atom. The number of aliphatic hydroxyl groups excluding tert-OH is 1. The molecule has 2 fully saturated rings. The second-order valence-corrected chi connectivity index (χ2v) is 8.92. The van der Waals surface area contributed by atoms with E-state index in [4.69, 9.17) is 4.74 Å². The van der Waals surface area contributed by atoms with Crippen molar-refractivity contribution < 1.29 is 19.4 Å². The smallest absolute Gasteiger partial charge is 0.248 e. The fourth-order valence-corrected chi connectivity index (χ4v) is 4.76. The molecule has 1 spiro atoms. The van der Waals surface area contributed by atoms with Crippen molar-refractivity contribution in [1.82, 2.24) is 15.1 Å². The molecule has 1 atom stereocenters.